The van der Waals surface area contributed by atoms with Crippen LogP contribution in [0.3, 0.4) is 0 Å². The van der Waals surface area contributed by atoms with Gasteiger partial charge in [0.2, 0.25) is 0 Å². The summed E-state index contributed by atoms with van der Waals surface area (Å²) in [5.41, 5.74) is 35.8. The summed E-state index contributed by atoms with van der Waals surface area (Å²) in [6.07, 6.45) is 8.30. The van der Waals surface area contributed by atoms with E-state index >= 15 is 0 Å². The van der Waals surface area contributed by atoms with Gasteiger partial charge in [-0.3, -0.25) is 0 Å². The molecule has 8 heteroatoms. The average Bonchev–Trinajstić information content (AvgIpc) is 1.51. The Labute approximate surface area is 600 Å². The van der Waals surface area contributed by atoms with Crippen LogP contribution in [0.15, 0.2) is 365 Å². The van der Waals surface area contributed by atoms with Crippen molar-refractivity contribution < 1.29 is 0 Å². The highest BCUT2D eigenvalue weighted by atomic mass is 15.1. The molecule has 4 aliphatic carbocycles. The molecule has 0 N–H and O–H groups in total. The summed E-state index contributed by atoms with van der Waals surface area (Å²) in [5.74, 6) is 0. The van der Waals surface area contributed by atoms with Crippen molar-refractivity contribution in [2.24, 2.45) is 0 Å². The second kappa shape index (κ2) is 22.3. The summed E-state index contributed by atoms with van der Waals surface area (Å²) in [5, 5.41) is 0. The first-order chi connectivity index (χ1) is 51.5. The lowest BCUT2D eigenvalue weighted by molar-refractivity contribution is 0.793. The number of nitrogens with zero attached hydrogens (tertiary/aromatic N) is 8. The van der Waals surface area contributed by atoms with Crippen molar-refractivity contribution in [2.45, 2.75) is 10.8 Å². The number of anilines is 6. The van der Waals surface area contributed by atoms with E-state index in [1.807, 2.05) is 48.8 Å². The van der Waals surface area contributed by atoms with Crippen molar-refractivity contribution in [2.75, 3.05) is 9.80 Å². The summed E-state index contributed by atoms with van der Waals surface area (Å²) < 4.78 is 4.15. The number of rotatable bonds is 10. The number of para-hydroxylation sites is 4. The molecule has 4 aliphatic rings. The van der Waals surface area contributed by atoms with Crippen LogP contribution in [0.25, 0.3) is 112 Å². The minimum Gasteiger partial charge on any atom is -0.310 e. The summed E-state index contributed by atoms with van der Waals surface area (Å²) in [4.78, 5) is 26.3. The molecule has 0 aliphatic heterocycles. The van der Waals surface area contributed by atoms with Crippen LogP contribution in [0.2, 0.25) is 0 Å². The fraction of sp³-hybridized carbons (Fsp3) is 0.0208. The summed E-state index contributed by atoms with van der Waals surface area (Å²) >= 11 is 0. The van der Waals surface area contributed by atoms with Crippen molar-refractivity contribution in [1.82, 2.24) is 28.7 Å². The van der Waals surface area contributed by atoms with Crippen LogP contribution in [-0.2, 0) is 10.8 Å². The Kier molecular flexibility index (Phi) is 12.5. The Morgan fingerprint density at radius 3 is 0.904 bits per heavy atom. The lowest BCUT2D eigenvalue weighted by Crippen LogP contribution is -2.26. The van der Waals surface area contributed by atoms with Crippen LogP contribution >= 0.6 is 0 Å². The third-order valence-electron chi connectivity index (χ3n) is 22.4. The van der Waals surface area contributed by atoms with Crippen molar-refractivity contribution in [3.8, 4) is 89.5 Å². The minimum absolute atomic E-state index is 0.701. The van der Waals surface area contributed by atoms with Gasteiger partial charge in [0.15, 0.2) is 0 Å². The summed E-state index contributed by atoms with van der Waals surface area (Å²) in [6, 6.07) is 125. The van der Waals surface area contributed by atoms with E-state index < -0.39 is 10.8 Å². The molecular formula is C96H60N8. The first-order valence-corrected chi connectivity index (χ1v) is 35.6. The smallest absolute Gasteiger partial charge is 0.137 e. The fourth-order valence-electron chi connectivity index (χ4n) is 18.0. The second-order valence-electron chi connectivity index (χ2n) is 27.7. The molecule has 0 fully saturated rings. The average molecular weight is 1330 g/mol. The number of aromatic nitrogens is 6. The lowest BCUT2D eigenvalue weighted by atomic mass is 9.70. The van der Waals surface area contributed by atoms with Gasteiger partial charge in [-0.2, -0.15) is 0 Å². The molecule has 0 amide bonds. The van der Waals surface area contributed by atoms with Crippen LogP contribution < -0.4 is 9.80 Å². The molecule has 18 aromatic rings. The van der Waals surface area contributed by atoms with Crippen LogP contribution in [-0.4, -0.2) is 28.7 Å². The molecule has 13 aromatic carbocycles. The molecule has 0 saturated heterocycles. The number of imidazole rings is 2. The van der Waals surface area contributed by atoms with Crippen LogP contribution in [0.4, 0.5) is 34.1 Å². The predicted octanol–water partition coefficient (Wildman–Crippen LogP) is 23.2. The zero-order chi connectivity index (χ0) is 68.2. The fourth-order valence-corrected chi connectivity index (χ4v) is 18.0. The monoisotopic (exact) mass is 1320 g/mol. The first-order valence-electron chi connectivity index (χ1n) is 35.6. The molecule has 104 heavy (non-hydrogen) atoms. The van der Waals surface area contributed by atoms with E-state index in [4.69, 9.17) is 19.9 Å². The summed E-state index contributed by atoms with van der Waals surface area (Å²) in [6.45, 7) is 0. The van der Waals surface area contributed by atoms with Gasteiger partial charge in [-0.25, -0.2) is 19.9 Å². The third kappa shape index (κ3) is 8.36. The Hall–Kier alpha value is -13.8. The number of fused-ring (bicyclic) bond motifs is 23. The van der Waals surface area contributed by atoms with Crippen molar-refractivity contribution in [3.63, 3.8) is 0 Å². The molecule has 0 saturated carbocycles. The van der Waals surface area contributed by atoms with Crippen LogP contribution in [0, 0.1) is 0 Å². The zero-order valence-corrected chi connectivity index (χ0v) is 56.2. The van der Waals surface area contributed by atoms with Gasteiger partial charge < -0.3 is 18.6 Å². The third-order valence-corrected chi connectivity index (χ3v) is 22.4. The van der Waals surface area contributed by atoms with E-state index in [-0.39, 0.29) is 0 Å². The van der Waals surface area contributed by atoms with Crippen molar-refractivity contribution >= 4 is 56.5 Å². The number of hydrogen-bond donors (Lipinski definition) is 0. The largest absolute Gasteiger partial charge is 0.310 e. The molecular weight excluding hydrogens is 1270 g/mol. The van der Waals surface area contributed by atoms with E-state index in [2.05, 4.69) is 334 Å². The quantitative estimate of drug-likeness (QED) is 0.136. The van der Waals surface area contributed by atoms with Gasteiger partial charge in [0, 0.05) is 81.2 Å². The van der Waals surface area contributed by atoms with Gasteiger partial charge in [0.05, 0.1) is 44.6 Å². The van der Waals surface area contributed by atoms with E-state index in [1.165, 1.54) is 89.0 Å². The van der Waals surface area contributed by atoms with Crippen molar-refractivity contribution in [3.05, 3.63) is 409 Å². The van der Waals surface area contributed by atoms with Gasteiger partial charge in [0.1, 0.15) is 11.3 Å². The van der Waals surface area contributed by atoms with Crippen LogP contribution in [0.5, 0.6) is 0 Å². The second-order valence-corrected chi connectivity index (χ2v) is 27.7. The van der Waals surface area contributed by atoms with Gasteiger partial charge >= 0.3 is 0 Å². The maximum atomic E-state index is 5.77. The summed E-state index contributed by atoms with van der Waals surface area (Å²) in [7, 11) is 0. The zero-order valence-electron chi connectivity index (χ0n) is 56.2. The van der Waals surface area contributed by atoms with E-state index in [0.29, 0.717) is 0 Å². The molecule has 5 heterocycles. The van der Waals surface area contributed by atoms with E-state index in [1.54, 1.807) is 0 Å². The normalized spacial score (nSPS) is 13.3. The molecule has 0 atom stereocenters. The first kappa shape index (κ1) is 58.0. The number of benzene rings is 13. The molecule has 0 radical (unpaired) electrons. The molecule has 8 nitrogen and oxygen atoms in total. The molecule has 0 unspecified atom stereocenters. The van der Waals surface area contributed by atoms with E-state index in [9.17, 15) is 0 Å². The topological polar surface area (TPSA) is 66.9 Å². The highest BCUT2D eigenvalue weighted by Crippen LogP contribution is 2.66. The Morgan fingerprint density at radius 2 is 0.519 bits per heavy atom. The SMILES string of the molecule is c1ccc(N(c2ccc(-c3cn4ccccc4n3)cc2)c2ccc3c(c2)C2(c4ccccc4-c4ccccc42)c2cc(-c4nc5ccccc5nc4-c4ccc5c(c4)C4(c6ccccc6-c6ccccc64)c4cc(N(c6ccccc6)c6ccc(-c7cn8ccccc8n7)cc6)ccc4-5)ccc2-3)cc1. The maximum Gasteiger partial charge on any atom is 0.137 e. The van der Waals surface area contributed by atoms with Gasteiger partial charge in [0.25, 0.3) is 0 Å². The number of hydrogen-bond acceptors (Lipinski definition) is 6. The highest BCUT2D eigenvalue weighted by molar-refractivity contribution is 6.01. The molecule has 484 valence electrons. The number of pyridine rings is 2. The Balaban J connectivity index is 0.712. The standard InChI is InChI=1S/C96H60N8/c1-3-21-65(22-4-1)103(67-43-37-61(38-44-67)89-59-101-53-19-17-35-91(101)97-89)69-47-51-77-75-49-41-63(55-83(75)95(85(77)57-69)79-29-11-7-25-71(79)72-26-8-12-30-80(72)95)93-94(100-88-34-16-15-33-87(88)99-93)64-42-50-76-78-52-48-70(58-86(78)96(84(76)56-64)81-31-13-9-27-73(81)74-28-10-14-32-82(74)96)104(66-23-5-2-6-24-66)68-45-39-62(40-46-68)90-60-102-54-20-18-36-92(102)98-90/h1-60H. The molecule has 5 aromatic heterocycles. The van der Waals surface area contributed by atoms with Crippen molar-refractivity contribution in [1.29, 1.82) is 0 Å². The molecule has 2 spiro atoms. The van der Waals surface area contributed by atoms with Gasteiger partial charge in [-0.1, -0.05) is 218 Å². The van der Waals surface area contributed by atoms with Crippen LogP contribution in [0.1, 0.15) is 44.5 Å². The molecule has 0 bridgehead atoms. The lowest BCUT2D eigenvalue weighted by Gasteiger charge is -2.32. The minimum atomic E-state index is -0.701. The predicted molar refractivity (Wildman–Crippen MR) is 421 cm³/mol. The highest BCUT2D eigenvalue weighted by Gasteiger charge is 2.54. The Morgan fingerprint density at radius 1 is 0.221 bits per heavy atom. The maximum absolute atomic E-state index is 5.77. The molecule has 22 rings (SSSR count). The van der Waals surface area contributed by atoms with E-state index in [0.717, 1.165) is 101 Å². The van der Waals surface area contributed by atoms with Gasteiger partial charge in [-0.05, 0) is 210 Å². The Bertz CT molecular complexity index is 6010. The van der Waals surface area contributed by atoms with Gasteiger partial charge in [-0.15, -0.1) is 0 Å².